The molecule has 0 saturated heterocycles. The van der Waals surface area contributed by atoms with Crippen molar-refractivity contribution >= 4 is 5.91 Å². The number of nitrogens with one attached hydrogen (secondary N) is 1. The molecule has 0 radical (unpaired) electrons. The van der Waals surface area contributed by atoms with Gasteiger partial charge in [-0.15, -0.1) is 0 Å². The normalized spacial score (nSPS) is 21.4. The minimum absolute atomic E-state index is 0.129. The molecule has 1 saturated carbocycles. The van der Waals surface area contributed by atoms with Gasteiger partial charge in [-0.2, -0.15) is 0 Å². The smallest absolute Gasteiger partial charge is 0.220 e. The summed E-state index contributed by atoms with van der Waals surface area (Å²) in [5.41, 5.74) is 8.36. The number of aryl methyl sites for hydroxylation is 2. The number of rotatable bonds is 6. The zero-order chi connectivity index (χ0) is 15.9. The summed E-state index contributed by atoms with van der Waals surface area (Å²) < 4.78 is 5.70. The highest BCUT2D eigenvalue weighted by Crippen LogP contribution is 2.18. The number of carbonyl (C=O) groups excluding carboxylic acids is 1. The molecule has 0 spiro atoms. The van der Waals surface area contributed by atoms with Crippen molar-refractivity contribution in [2.45, 2.75) is 64.5 Å². The number of amides is 1. The third kappa shape index (κ3) is 5.34. The quantitative estimate of drug-likeness (QED) is 0.794. The molecule has 0 bridgehead atoms. The van der Waals surface area contributed by atoms with E-state index in [1.54, 1.807) is 0 Å². The van der Waals surface area contributed by atoms with Crippen LogP contribution < -0.4 is 15.8 Å². The molecule has 1 aliphatic carbocycles. The van der Waals surface area contributed by atoms with Crippen molar-refractivity contribution in [3.05, 3.63) is 29.3 Å². The Labute approximate surface area is 133 Å². The van der Waals surface area contributed by atoms with Gasteiger partial charge in [0.25, 0.3) is 0 Å². The number of nitrogens with two attached hydrogens (primary N) is 1. The van der Waals surface area contributed by atoms with Crippen molar-refractivity contribution < 1.29 is 9.53 Å². The summed E-state index contributed by atoms with van der Waals surface area (Å²) in [6.45, 7) is 4.73. The Hall–Kier alpha value is -1.55. The zero-order valence-electron chi connectivity index (χ0n) is 13.7. The molecule has 0 atom stereocenters. The van der Waals surface area contributed by atoms with Gasteiger partial charge >= 0.3 is 0 Å². The van der Waals surface area contributed by atoms with Crippen molar-refractivity contribution in [1.82, 2.24) is 5.32 Å². The van der Waals surface area contributed by atoms with Crippen LogP contribution in [-0.2, 0) is 4.79 Å². The Kier molecular flexibility index (Phi) is 6.25. The van der Waals surface area contributed by atoms with E-state index in [2.05, 4.69) is 25.2 Å². The number of hydrogen-bond acceptors (Lipinski definition) is 3. The third-order valence-corrected chi connectivity index (χ3v) is 4.43. The number of carbonyl (C=O) groups is 1. The van der Waals surface area contributed by atoms with Gasteiger partial charge in [0.05, 0.1) is 6.61 Å². The highest BCUT2D eigenvalue weighted by Gasteiger charge is 2.19. The van der Waals surface area contributed by atoms with E-state index in [0.717, 1.165) is 37.9 Å². The van der Waals surface area contributed by atoms with E-state index < -0.39 is 0 Å². The Bertz CT molecular complexity index is 494. The number of benzene rings is 1. The second kappa shape index (κ2) is 8.18. The average Bonchev–Trinajstić information content (AvgIpc) is 2.49. The average molecular weight is 304 g/mol. The first-order valence-electron chi connectivity index (χ1n) is 8.29. The second-order valence-corrected chi connectivity index (χ2v) is 6.38. The molecule has 1 aliphatic rings. The lowest BCUT2D eigenvalue weighted by Crippen LogP contribution is -2.40. The second-order valence-electron chi connectivity index (χ2n) is 6.38. The Morgan fingerprint density at radius 3 is 2.64 bits per heavy atom. The van der Waals surface area contributed by atoms with E-state index in [-0.39, 0.29) is 5.91 Å². The maximum atomic E-state index is 11.9. The molecule has 2 rings (SSSR count). The molecule has 22 heavy (non-hydrogen) atoms. The van der Waals surface area contributed by atoms with Gasteiger partial charge in [-0.1, -0.05) is 6.07 Å². The molecule has 3 N–H and O–H groups in total. The van der Waals surface area contributed by atoms with Crippen LogP contribution in [0.5, 0.6) is 5.75 Å². The molecule has 1 aromatic rings. The lowest BCUT2D eigenvalue weighted by molar-refractivity contribution is -0.122. The zero-order valence-corrected chi connectivity index (χ0v) is 13.7. The fraction of sp³-hybridized carbons (Fsp3) is 0.611. The molecule has 1 amide bonds. The maximum Gasteiger partial charge on any atom is 0.220 e. The Balaban J connectivity index is 1.61. The summed E-state index contributed by atoms with van der Waals surface area (Å²) in [7, 11) is 0. The number of hydrogen-bond donors (Lipinski definition) is 2. The molecule has 0 aliphatic heterocycles. The molecule has 0 unspecified atom stereocenters. The highest BCUT2D eigenvalue weighted by molar-refractivity contribution is 5.76. The summed E-state index contributed by atoms with van der Waals surface area (Å²) in [4.78, 5) is 11.9. The van der Waals surface area contributed by atoms with Gasteiger partial charge in [-0.05, 0) is 69.2 Å². The first-order chi connectivity index (χ1) is 10.5. The Morgan fingerprint density at radius 2 is 1.95 bits per heavy atom. The van der Waals surface area contributed by atoms with Crippen molar-refractivity contribution in [1.29, 1.82) is 0 Å². The SMILES string of the molecule is Cc1ccc(OCCCC(=O)NC2CCC(N)CC2)cc1C. The van der Waals surface area contributed by atoms with Crippen LogP contribution in [0.15, 0.2) is 18.2 Å². The van der Waals surface area contributed by atoms with Crippen LogP contribution in [0.25, 0.3) is 0 Å². The molecule has 0 heterocycles. The lowest BCUT2D eigenvalue weighted by Gasteiger charge is -2.26. The van der Waals surface area contributed by atoms with Crippen molar-refractivity contribution in [2.24, 2.45) is 5.73 Å². The standard InChI is InChI=1S/C18H28N2O2/c1-13-5-10-17(12-14(13)2)22-11-3-4-18(21)20-16-8-6-15(19)7-9-16/h5,10,12,15-16H,3-4,6-9,11,19H2,1-2H3,(H,20,21). The molecule has 122 valence electrons. The van der Waals surface area contributed by atoms with Gasteiger partial charge < -0.3 is 15.8 Å². The van der Waals surface area contributed by atoms with E-state index in [0.29, 0.717) is 25.1 Å². The van der Waals surface area contributed by atoms with E-state index in [9.17, 15) is 4.79 Å². The van der Waals surface area contributed by atoms with Gasteiger partial charge in [-0.3, -0.25) is 4.79 Å². The first-order valence-corrected chi connectivity index (χ1v) is 8.29. The van der Waals surface area contributed by atoms with Crippen molar-refractivity contribution in [3.8, 4) is 5.75 Å². The molecule has 4 nitrogen and oxygen atoms in total. The van der Waals surface area contributed by atoms with Crippen LogP contribution in [0.1, 0.15) is 49.7 Å². The highest BCUT2D eigenvalue weighted by atomic mass is 16.5. The van der Waals surface area contributed by atoms with Crippen molar-refractivity contribution in [3.63, 3.8) is 0 Å². The maximum absolute atomic E-state index is 11.9. The Morgan fingerprint density at radius 1 is 1.23 bits per heavy atom. The van der Waals surface area contributed by atoms with Crippen molar-refractivity contribution in [2.75, 3.05) is 6.61 Å². The van der Waals surface area contributed by atoms with Crippen LogP contribution in [0, 0.1) is 13.8 Å². The fourth-order valence-electron chi connectivity index (χ4n) is 2.79. The molecule has 0 aromatic heterocycles. The van der Waals surface area contributed by atoms with E-state index in [4.69, 9.17) is 10.5 Å². The van der Waals surface area contributed by atoms with Crippen LogP contribution in [0.3, 0.4) is 0 Å². The predicted octanol–water partition coefficient (Wildman–Crippen LogP) is 2.85. The summed E-state index contributed by atoms with van der Waals surface area (Å²) in [5, 5.41) is 3.10. The summed E-state index contributed by atoms with van der Waals surface area (Å²) in [6.07, 6.45) is 5.30. The van der Waals surface area contributed by atoms with Crippen LogP contribution in [-0.4, -0.2) is 24.6 Å². The largest absolute Gasteiger partial charge is 0.494 e. The van der Waals surface area contributed by atoms with E-state index in [1.165, 1.54) is 11.1 Å². The van der Waals surface area contributed by atoms with Gasteiger partial charge in [-0.25, -0.2) is 0 Å². The monoisotopic (exact) mass is 304 g/mol. The molecule has 1 aromatic carbocycles. The first kappa shape index (κ1) is 16.8. The lowest BCUT2D eigenvalue weighted by atomic mass is 9.92. The fourth-order valence-corrected chi connectivity index (χ4v) is 2.79. The third-order valence-electron chi connectivity index (χ3n) is 4.43. The van der Waals surface area contributed by atoms with Gasteiger partial charge in [0.15, 0.2) is 0 Å². The summed E-state index contributed by atoms with van der Waals surface area (Å²) in [6, 6.07) is 6.71. The minimum Gasteiger partial charge on any atom is -0.494 e. The van der Waals surface area contributed by atoms with Crippen LogP contribution in [0.2, 0.25) is 0 Å². The topological polar surface area (TPSA) is 64.3 Å². The predicted molar refractivity (Wildman–Crippen MR) is 89.0 cm³/mol. The van der Waals surface area contributed by atoms with Crippen LogP contribution >= 0.6 is 0 Å². The molecular formula is C18H28N2O2. The van der Waals surface area contributed by atoms with E-state index in [1.807, 2.05) is 12.1 Å². The molecule has 1 fully saturated rings. The van der Waals surface area contributed by atoms with Gasteiger partial charge in [0, 0.05) is 18.5 Å². The summed E-state index contributed by atoms with van der Waals surface area (Å²) in [5.74, 6) is 1.01. The molecule has 4 heteroatoms. The molecular weight excluding hydrogens is 276 g/mol. The van der Waals surface area contributed by atoms with Gasteiger partial charge in [0.2, 0.25) is 5.91 Å². The van der Waals surface area contributed by atoms with Gasteiger partial charge in [0.1, 0.15) is 5.75 Å². The number of ether oxygens (including phenoxy) is 1. The van der Waals surface area contributed by atoms with E-state index >= 15 is 0 Å². The minimum atomic E-state index is 0.129. The van der Waals surface area contributed by atoms with Crippen LogP contribution in [0.4, 0.5) is 0 Å². The summed E-state index contributed by atoms with van der Waals surface area (Å²) >= 11 is 0.